The Morgan fingerprint density at radius 2 is 1.66 bits per heavy atom. The number of carbonyl (C=O) groups is 2. The Morgan fingerprint density at radius 1 is 0.906 bits per heavy atom. The van der Waals surface area contributed by atoms with E-state index in [0.717, 1.165) is 10.0 Å². The van der Waals surface area contributed by atoms with Crippen molar-refractivity contribution in [3.63, 3.8) is 0 Å². The maximum atomic E-state index is 12.7. The summed E-state index contributed by atoms with van der Waals surface area (Å²) in [7, 11) is 3.00. The molecule has 0 heterocycles. The fourth-order valence-corrected chi connectivity index (χ4v) is 3.23. The maximum absolute atomic E-state index is 12.7. The van der Waals surface area contributed by atoms with E-state index < -0.39 is 5.97 Å². The van der Waals surface area contributed by atoms with Crippen molar-refractivity contribution >= 4 is 34.0 Å². The molecule has 7 nitrogen and oxygen atoms in total. The molecule has 0 aromatic heterocycles. The molecule has 0 bridgehead atoms. The Bertz CT molecular complexity index is 1180. The Labute approximate surface area is 194 Å². The van der Waals surface area contributed by atoms with E-state index in [0.29, 0.717) is 28.2 Å². The van der Waals surface area contributed by atoms with Crippen LogP contribution in [0.15, 0.2) is 70.2 Å². The standard InChI is InChI=1S/C24H21BrN2O5/c1-15-5-4-6-16(11-15)23(28)27-26-14-18-12-19(25)8-10-20(18)32-24(29)17-7-9-21(30-2)22(13-17)31-3/h4-14H,1-3H3,(H,27,28)/b26-14+. The van der Waals surface area contributed by atoms with Crippen molar-refractivity contribution in [3.8, 4) is 17.2 Å². The van der Waals surface area contributed by atoms with Gasteiger partial charge in [0.15, 0.2) is 11.5 Å². The highest BCUT2D eigenvalue weighted by atomic mass is 79.9. The summed E-state index contributed by atoms with van der Waals surface area (Å²) in [6, 6.07) is 17.0. The predicted octanol–water partition coefficient (Wildman–Crippen LogP) is 4.76. The molecule has 0 radical (unpaired) electrons. The largest absolute Gasteiger partial charge is 0.493 e. The summed E-state index contributed by atoms with van der Waals surface area (Å²) in [5.41, 5.74) is 4.74. The van der Waals surface area contributed by atoms with Gasteiger partial charge in [-0.15, -0.1) is 0 Å². The maximum Gasteiger partial charge on any atom is 0.343 e. The van der Waals surface area contributed by atoms with Gasteiger partial charge < -0.3 is 14.2 Å². The highest BCUT2D eigenvalue weighted by molar-refractivity contribution is 9.10. The van der Waals surface area contributed by atoms with Crippen LogP contribution in [0.5, 0.6) is 17.2 Å². The number of carbonyl (C=O) groups excluding carboxylic acids is 2. The van der Waals surface area contributed by atoms with Crippen LogP contribution in [0.4, 0.5) is 0 Å². The smallest absolute Gasteiger partial charge is 0.343 e. The zero-order chi connectivity index (χ0) is 23.1. The first-order chi connectivity index (χ1) is 15.4. The van der Waals surface area contributed by atoms with Crippen LogP contribution in [0.25, 0.3) is 0 Å². The molecule has 3 aromatic carbocycles. The van der Waals surface area contributed by atoms with Crippen molar-refractivity contribution in [2.45, 2.75) is 6.92 Å². The molecule has 32 heavy (non-hydrogen) atoms. The SMILES string of the molecule is COc1ccc(C(=O)Oc2ccc(Br)cc2/C=N/NC(=O)c2cccc(C)c2)cc1OC. The van der Waals surface area contributed by atoms with E-state index in [-0.39, 0.29) is 11.7 Å². The first-order valence-corrected chi connectivity index (χ1v) is 10.3. The number of rotatable bonds is 7. The zero-order valence-electron chi connectivity index (χ0n) is 17.7. The summed E-state index contributed by atoms with van der Waals surface area (Å²) in [5.74, 6) is 0.278. The van der Waals surface area contributed by atoms with Gasteiger partial charge >= 0.3 is 5.97 Å². The van der Waals surface area contributed by atoms with Crippen molar-refractivity contribution in [3.05, 3.63) is 87.4 Å². The van der Waals surface area contributed by atoms with Crippen LogP contribution in [0.3, 0.4) is 0 Å². The van der Waals surface area contributed by atoms with E-state index in [1.54, 1.807) is 48.5 Å². The van der Waals surface area contributed by atoms with Crippen molar-refractivity contribution < 1.29 is 23.8 Å². The lowest BCUT2D eigenvalue weighted by Crippen LogP contribution is -2.17. The molecule has 8 heteroatoms. The number of aryl methyl sites for hydroxylation is 1. The number of halogens is 1. The third-order valence-electron chi connectivity index (χ3n) is 4.44. The van der Waals surface area contributed by atoms with Gasteiger partial charge in [0.1, 0.15) is 5.75 Å². The summed E-state index contributed by atoms with van der Waals surface area (Å²) in [4.78, 5) is 24.9. The van der Waals surface area contributed by atoms with Gasteiger partial charge in [-0.25, -0.2) is 10.2 Å². The van der Waals surface area contributed by atoms with Gasteiger partial charge in [-0.3, -0.25) is 4.79 Å². The number of ether oxygens (including phenoxy) is 3. The highest BCUT2D eigenvalue weighted by Gasteiger charge is 2.15. The number of hydrazone groups is 1. The molecule has 0 saturated carbocycles. The Kier molecular flexibility index (Phi) is 7.62. The molecule has 1 amide bonds. The number of nitrogens with zero attached hydrogens (tertiary/aromatic N) is 1. The quantitative estimate of drug-likeness (QED) is 0.220. The first kappa shape index (κ1) is 23.0. The van der Waals surface area contributed by atoms with Crippen LogP contribution >= 0.6 is 15.9 Å². The number of benzene rings is 3. The van der Waals surface area contributed by atoms with Gasteiger partial charge in [0.2, 0.25) is 0 Å². The zero-order valence-corrected chi connectivity index (χ0v) is 19.3. The number of methoxy groups -OCH3 is 2. The van der Waals surface area contributed by atoms with Gasteiger partial charge in [0.05, 0.1) is 26.0 Å². The van der Waals surface area contributed by atoms with E-state index in [2.05, 4.69) is 26.5 Å². The summed E-state index contributed by atoms with van der Waals surface area (Å²) < 4.78 is 16.7. The molecule has 0 aliphatic rings. The second-order valence-electron chi connectivity index (χ2n) is 6.71. The fraction of sp³-hybridized carbons (Fsp3) is 0.125. The number of nitrogens with one attached hydrogen (secondary N) is 1. The summed E-state index contributed by atoms with van der Waals surface area (Å²) >= 11 is 3.39. The lowest BCUT2D eigenvalue weighted by Gasteiger charge is -2.11. The molecule has 0 saturated heterocycles. The molecule has 0 spiro atoms. The molecule has 0 aliphatic heterocycles. The first-order valence-electron chi connectivity index (χ1n) is 9.55. The molecule has 3 rings (SSSR count). The molecule has 0 unspecified atom stereocenters. The van der Waals surface area contributed by atoms with E-state index in [1.165, 1.54) is 26.5 Å². The van der Waals surface area contributed by atoms with E-state index in [1.807, 2.05) is 13.0 Å². The minimum atomic E-state index is -0.577. The monoisotopic (exact) mass is 496 g/mol. The van der Waals surface area contributed by atoms with Crippen LogP contribution < -0.4 is 19.6 Å². The van der Waals surface area contributed by atoms with Crippen molar-refractivity contribution in [2.24, 2.45) is 5.10 Å². The van der Waals surface area contributed by atoms with Crippen LogP contribution in [0.2, 0.25) is 0 Å². The minimum Gasteiger partial charge on any atom is -0.493 e. The molecular weight excluding hydrogens is 476 g/mol. The lowest BCUT2D eigenvalue weighted by molar-refractivity contribution is 0.0733. The highest BCUT2D eigenvalue weighted by Crippen LogP contribution is 2.29. The van der Waals surface area contributed by atoms with Crippen molar-refractivity contribution in [1.82, 2.24) is 5.43 Å². The molecule has 1 N–H and O–H groups in total. The average molecular weight is 497 g/mol. The number of esters is 1. The van der Waals surface area contributed by atoms with E-state index >= 15 is 0 Å². The number of amides is 1. The Hall–Kier alpha value is -3.65. The molecule has 0 fully saturated rings. The lowest BCUT2D eigenvalue weighted by atomic mass is 10.1. The number of hydrogen-bond acceptors (Lipinski definition) is 6. The van der Waals surface area contributed by atoms with E-state index in [4.69, 9.17) is 14.2 Å². The molecule has 164 valence electrons. The molecule has 0 aliphatic carbocycles. The number of hydrogen-bond donors (Lipinski definition) is 1. The van der Waals surface area contributed by atoms with Crippen LogP contribution in [-0.4, -0.2) is 32.3 Å². The third kappa shape index (κ3) is 5.73. The minimum absolute atomic E-state index is 0.279. The summed E-state index contributed by atoms with van der Waals surface area (Å²) in [5, 5.41) is 4.01. The van der Waals surface area contributed by atoms with Crippen molar-refractivity contribution in [1.29, 1.82) is 0 Å². The molecular formula is C24H21BrN2O5. The molecule has 0 atom stereocenters. The summed E-state index contributed by atoms with van der Waals surface area (Å²) in [6.45, 7) is 1.90. The van der Waals surface area contributed by atoms with Crippen LogP contribution in [0.1, 0.15) is 31.8 Å². The van der Waals surface area contributed by atoms with Crippen LogP contribution in [0, 0.1) is 6.92 Å². The normalized spacial score (nSPS) is 10.6. The second-order valence-corrected chi connectivity index (χ2v) is 7.63. The Morgan fingerprint density at radius 3 is 2.38 bits per heavy atom. The van der Waals surface area contributed by atoms with E-state index in [9.17, 15) is 9.59 Å². The third-order valence-corrected chi connectivity index (χ3v) is 4.94. The van der Waals surface area contributed by atoms with Crippen molar-refractivity contribution in [2.75, 3.05) is 14.2 Å². The summed E-state index contributed by atoms with van der Waals surface area (Å²) in [6.07, 6.45) is 1.41. The Balaban J connectivity index is 1.77. The van der Waals surface area contributed by atoms with Gasteiger partial charge in [0, 0.05) is 15.6 Å². The fourth-order valence-electron chi connectivity index (χ4n) is 2.85. The average Bonchev–Trinajstić information content (AvgIpc) is 2.80. The predicted molar refractivity (Wildman–Crippen MR) is 125 cm³/mol. The van der Waals surface area contributed by atoms with Gasteiger partial charge in [-0.2, -0.15) is 5.10 Å². The topological polar surface area (TPSA) is 86.2 Å². The second kappa shape index (κ2) is 10.6. The molecule has 3 aromatic rings. The van der Waals surface area contributed by atoms with Gasteiger partial charge in [0.25, 0.3) is 5.91 Å². The van der Waals surface area contributed by atoms with Crippen LogP contribution in [-0.2, 0) is 0 Å². The van der Waals surface area contributed by atoms with Gasteiger partial charge in [-0.1, -0.05) is 33.6 Å². The van der Waals surface area contributed by atoms with Gasteiger partial charge in [-0.05, 0) is 55.5 Å².